The molecule has 3 heterocycles. The van der Waals surface area contributed by atoms with Gasteiger partial charge in [0.15, 0.2) is 9.99 Å². The second-order valence-electron chi connectivity index (χ2n) is 6.02. The third-order valence-electron chi connectivity index (χ3n) is 3.80. The lowest BCUT2D eigenvalue weighted by Gasteiger charge is -2.03. The molecule has 10 heteroatoms. The zero-order valence-electron chi connectivity index (χ0n) is 15.1. The van der Waals surface area contributed by atoms with Gasteiger partial charge in [0.25, 0.3) is 5.56 Å². The Hall–Kier alpha value is -2.69. The molecule has 0 saturated heterocycles. The second kappa shape index (κ2) is 7.74. The quantitative estimate of drug-likeness (QED) is 0.482. The number of hydrogen-bond acceptors (Lipinski definition) is 8. The maximum Gasteiger partial charge on any atom is 0.287 e. The van der Waals surface area contributed by atoms with E-state index < -0.39 is 0 Å². The summed E-state index contributed by atoms with van der Waals surface area (Å²) in [6, 6.07) is 8.76. The van der Waals surface area contributed by atoms with Crippen molar-refractivity contribution in [3.8, 4) is 0 Å². The van der Waals surface area contributed by atoms with Crippen molar-refractivity contribution in [3.05, 3.63) is 52.1 Å². The summed E-state index contributed by atoms with van der Waals surface area (Å²) in [7, 11) is 1.48. The topological polar surface area (TPSA) is 98.7 Å². The number of rotatable bonds is 6. The first kappa shape index (κ1) is 18.7. The first-order valence-corrected chi connectivity index (χ1v) is 10.1. The highest BCUT2D eigenvalue weighted by molar-refractivity contribution is 8.00. The van der Waals surface area contributed by atoms with Crippen molar-refractivity contribution in [1.29, 1.82) is 0 Å². The number of benzene rings is 1. The van der Waals surface area contributed by atoms with Gasteiger partial charge >= 0.3 is 0 Å². The minimum absolute atomic E-state index is 0.00927. The van der Waals surface area contributed by atoms with Gasteiger partial charge in [-0.3, -0.25) is 9.59 Å². The number of methoxy groups -OCH3 is 1. The SMILES string of the molecule is COCC(=O)Nc1ccc2nc(SCc3cc(=O)n4oc(C)cc4n3)sc2c1. The smallest absolute Gasteiger partial charge is 0.287 e. The van der Waals surface area contributed by atoms with Crippen LogP contribution in [-0.2, 0) is 15.3 Å². The predicted octanol–water partition coefficient (Wildman–Crippen LogP) is 3.08. The average molecular weight is 416 g/mol. The Bertz CT molecular complexity index is 1230. The number of nitrogens with zero attached hydrogens (tertiary/aromatic N) is 3. The molecular weight excluding hydrogens is 400 g/mol. The number of thioether (sulfide) groups is 1. The summed E-state index contributed by atoms with van der Waals surface area (Å²) in [5.74, 6) is 0.949. The van der Waals surface area contributed by atoms with Crippen LogP contribution in [0.2, 0.25) is 0 Å². The summed E-state index contributed by atoms with van der Waals surface area (Å²) < 4.78 is 13.1. The molecule has 8 nitrogen and oxygen atoms in total. The molecule has 4 aromatic rings. The summed E-state index contributed by atoms with van der Waals surface area (Å²) in [6.45, 7) is 1.78. The molecule has 0 radical (unpaired) electrons. The van der Waals surface area contributed by atoms with Gasteiger partial charge in [-0.05, 0) is 25.1 Å². The number of aromatic nitrogens is 3. The Morgan fingerprint density at radius 3 is 3.00 bits per heavy atom. The number of fused-ring (bicyclic) bond motifs is 2. The van der Waals surface area contributed by atoms with Crippen molar-refractivity contribution in [2.45, 2.75) is 17.0 Å². The Kier molecular flexibility index (Phi) is 5.16. The number of aryl methyl sites for hydroxylation is 1. The van der Waals surface area contributed by atoms with Crippen LogP contribution in [0.1, 0.15) is 11.5 Å². The predicted molar refractivity (Wildman–Crippen MR) is 108 cm³/mol. The van der Waals surface area contributed by atoms with Gasteiger partial charge in [0.2, 0.25) is 5.91 Å². The number of nitrogens with one attached hydrogen (secondary N) is 1. The Balaban J connectivity index is 1.50. The molecule has 1 amide bonds. The molecule has 0 unspecified atom stereocenters. The zero-order chi connectivity index (χ0) is 19.7. The van der Waals surface area contributed by atoms with Crippen molar-refractivity contribution >= 4 is 50.6 Å². The summed E-state index contributed by atoms with van der Waals surface area (Å²) in [6.07, 6.45) is 0. The number of hydrogen-bond donors (Lipinski definition) is 1. The molecule has 28 heavy (non-hydrogen) atoms. The first-order chi connectivity index (χ1) is 13.5. The van der Waals surface area contributed by atoms with Crippen LogP contribution < -0.4 is 10.9 Å². The third kappa shape index (κ3) is 3.93. The summed E-state index contributed by atoms with van der Waals surface area (Å²) in [4.78, 5) is 32.8. The number of amides is 1. The maximum atomic E-state index is 12.1. The van der Waals surface area contributed by atoms with E-state index in [1.807, 2.05) is 18.2 Å². The van der Waals surface area contributed by atoms with Crippen LogP contribution in [-0.4, -0.2) is 34.2 Å². The van der Waals surface area contributed by atoms with Crippen molar-refractivity contribution < 1.29 is 14.1 Å². The third-order valence-corrected chi connectivity index (χ3v) is 5.99. The molecule has 0 aliphatic heterocycles. The van der Waals surface area contributed by atoms with Gasteiger partial charge in [0, 0.05) is 30.7 Å². The van der Waals surface area contributed by atoms with Gasteiger partial charge in [-0.1, -0.05) is 11.8 Å². The van der Waals surface area contributed by atoms with E-state index in [4.69, 9.17) is 9.26 Å². The molecule has 0 fully saturated rings. The Morgan fingerprint density at radius 2 is 2.18 bits per heavy atom. The van der Waals surface area contributed by atoms with Crippen LogP contribution >= 0.6 is 23.1 Å². The molecule has 0 aliphatic rings. The highest BCUT2D eigenvalue weighted by Crippen LogP contribution is 2.32. The van der Waals surface area contributed by atoms with E-state index >= 15 is 0 Å². The van der Waals surface area contributed by atoms with Crippen LogP contribution in [0.25, 0.3) is 15.9 Å². The summed E-state index contributed by atoms with van der Waals surface area (Å²) in [5.41, 5.74) is 2.48. The lowest BCUT2D eigenvalue weighted by atomic mass is 10.3. The van der Waals surface area contributed by atoms with Crippen molar-refractivity contribution in [2.75, 3.05) is 19.0 Å². The lowest BCUT2D eigenvalue weighted by Crippen LogP contribution is -2.16. The van der Waals surface area contributed by atoms with E-state index in [0.717, 1.165) is 14.6 Å². The van der Waals surface area contributed by atoms with Crippen LogP contribution in [0.4, 0.5) is 5.69 Å². The maximum absolute atomic E-state index is 12.1. The summed E-state index contributed by atoms with van der Waals surface area (Å²) in [5, 5.41) is 2.78. The Morgan fingerprint density at radius 1 is 1.32 bits per heavy atom. The minimum atomic E-state index is -0.241. The molecule has 4 rings (SSSR count). The molecule has 3 aromatic heterocycles. The van der Waals surface area contributed by atoms with E-state index in [9.17, 15) is 9.59 Å². The monoisotopic (exact) mass is 416 g/mol. The molecule has 1 N–H and O–H groups in total. The number of thiazole rings is 1. The molecule has 0 spiro atoms. The average Bonchev–Trinajstić information content (AvgIpc) is 3.22. The Labute approximate surface area is 167 Å². The highest BCUT2D eigenvalue weighted by Gasteiger charge is 2.10. The fourth-order valence-electron chi connectivity index (χ4n) is 2.65. The minimum Gasteiger partial charge on any atom is -0.375 e. The van der Waals surface area contributed by atoms with Gasteiger partial charge in [-0.2, -0.15) is 0 Å². The van der Waals surface area contributed by atoms with Crippen molar-refractivity contribution in [1.82, 2.24) is 14.5 Å². The zero-order valence-corrected chi connectivity index (χ0v) is 16.7. The lowest BCUT2D eigenvalue weighted by molar-refractivity contribution is -0.119. The van der Waals surface area contributed by atoms with E-state index in [0.29, 0.717) is 28.5 Å². The van der Waals surface area contributed by atoms with E-state index in [2.05, 4.69) is 15.3 Å². The first-order valence-electron chi connectivity index (χ1n) is 8.33. The molecular formula is C18H16N4O4S2. The van der Waals surface area contributed by atoms with Crippen LogP contribution in [0, 0.1) is 6.92 Å². The second-order valence-corrected chi connectivity index (χ2v) is 8.27. The number of ether oxygens (including phenoxy) is 1. The van der Waals surface area contributed by atoms with E-state index in [1.54, 1.807) is 13.0 Å². The molecule has 0 atom stereocenters. The fraction of sp³-hybridized carbons (Fsp3) is 0.222. The standard InChI is InChI=1S/C18H16N4O4S2/c1-10-5-15-19-12(7-17(24)22(15)26-10)9-27-18-21-13-4-3-11(6-14(13)28-18)20-16(23)8-25-2/h3-7H,8-9H2,1-2H3,(H,20,23). The van der Waals surface area contributed by atoms with Gasteiger partial charge in [0.05, 0.1) is 15.9 Å². The van der Waals surface area contributed by atoms with Crippen LogP contribution in [0.3, 0.4) is 0 Å². The molecule has 0 aliphatic carbocycles. The normalized spacial score (nSPS) is 11.4. The molecule has 1 aromatic carbocycles. The van der Waals surface area contributed by atoms with Crippen molar-refractivity contribution in [2.24, 2.45) is 0 Å². The molecule has 144 valence electrons. The van der Waals surface area contributed by atoms with Crippen molar-refractivity contribution in [3.63, 3.8) is 0 Å². The molecule has 0 bridgehead atoms. The fourth-order valence-corrected chi connectivity index (χ4v) is 4.65. The van der Waals surface area contributed by atoms with Crippen LogP contribution in [0.5, 0.6) is 0 Å². The van der Waals surface area contributed by atoms with Crippen LogP contribution in [0.15, 0.2) is 44.0 Å². The number of anilines is 1. The van der Waals surface area contributed by atoms with E-state index in [-0.39, 0.29) is 18.1 Å². The van der Waals surface area contributed by atoms with Gasteiger partial charge in [-0.15, -0.1) is 15.9 Å². The van der Waals surface area contributed by atoms with Gasteiger partial charge in [-0.25, -0.2) is 9.97 Å². The molecule has 0 saturated carbocycles. The van der Waals surface area contributed by atoms with Gasteiger partial charge in [0.1, 0.15) is 12.4 Å². The highest BCUT2D eigenvalue weighted by atomic mass is 32.2. The largest absolute Gasteiger partial charge is 0.375 e. The number of carbonyl (C=O) groups excluding carboxylic acids is 1. The summed E-state index contributed by atoms with van der Waals surface area (Å²) >= 11 is 3.03. The number of carbonyl (C=O) groups is 1. The van der Waals surface area contributed by atoms with E-state index in [1.165, 1.54) is 40.8 Å². The van der Waals surface area contributed by atoms with Gasteiger partial charge < -0.3 is 14.6 Å².